The predicted molar refractivity (Wildman–Crippen MR) is 122 cm³/mol. The highest BCUT2D eigenvalue weighted by Gasteiger charge is 2.35. The molecule has 0 spiro atoms. The van der Waals surface area contributed by atoms with Gasteiger partial charge in [0.05, 0.1) is 16.7 Å². The van der Waals surface area contributed by atoms with Crippen molar-refractivity contribution in [3.05, 3.63) is 77.6 Å². The summed E-state index contributed by atoms with van der Waals surface area (Å²) in [5, 5.41) is 2.58. The van der Waals surface area contributed by atoms with E-state index in [0.717, 1.165) is 30.3 Å². The van der Waals surface area contributed by atoms with Crippen molar-refractivity contribution in [1.29, 1.82) is 0 Å². The fourth-order valence-corrected chi connectivity index (χ4v) is 3.74. The molecular formula is C24H23F3N2O4S. The molecule has 1 amide bonds. The van der Waals surface area contributed by atoms with Crippen LogP contribution in [0.2, 0.25) is 0 Å². The number of ether oxygens (including phenoxy) is 1. The first-order valence-electron chi connectivity index (χ1n) is 10.1. The maximum Gasteiger partial charge on any atom is 0.420 e. The van der Waals surface area contributed by atoms with Gasteiger partial charge in [0, 0.05) is 18.1 Å². The van der Waals surface area contributed by atoms with E-state index in [1.165, 1.54) is 36.4 Å². The van der Waals surface area contributed by atoms with Crippen LogP contribution < -0.4 is 10.1 Å². The van der Waals surface area contributed by atoms with Crippen molar-refractivity contribution in [2.24, 2.45) is 0 Å². The van der Waals surface area contributed by atoms with Gasteiger partial charge in [-0.2, -0.15) is 13.2 Å². The molecule has 3 rings (SSSR count). The molecule has 0 unspecified atom stereocenters. The van der Waals surface area contributed by atoms with Crippen molar-refractivity contribution in [3.8, 4) is 11.5 Å². The molecule has 0 fully saturated rings. The summed E-state index contributed by atoms with van der Waals surface area (Å²) in [6.07, 6.45) is -1.71. The number of amides is 1. The highest BCUT2D eigenvalue weighted by Crippen LogP contribution is 2.39. The first-order chi connectivity index (χ1) is 15.7. The molecule has 0 atom stereocenters. The second kappa shape index (κ2) is 9.09. The third-order valence-electron chi connectivity index (χ3n) is 4.92. The third kappa shape index (κ3) is 5.93. The molecule has 6 nitrogen and oxygen atoms in total. The fraction of sp³-hybridized carbons (Fsp3) is 0.250. The monoisotopic (exact) mass is 492 g/mol. The predicted octanol–water partition coefficient (Wildman–Crippen LogP) is 5.85. The minimum Gasteiger partial charge on any atom is -0.454 e. The number of hydrogen-bond donors (Lipinski definition) is 1. The number of anilines is 1. The quantitative estimate of drug-likeness (QED) is 0.483. The number of hydrogen-bond acceptors (Lipinski definition) is 5. The molecule has 0 saturated heterocycles. The largest absolute Gasteiger partial charge is 0.454 e. The van der Waals surface area contributed by atoms with Crippen LogP contribution in [0, 0.1) is 0 Å². The molecule has 0 aliphatic heterocycles. The van der Waals surface area contributed by atoms with Crippen LogP contribution in [0.5, 0.6) is 11.5 Å². The Bertz CT molecular complexity index is 1330. The summed E-state index contributed by atoms with van der Waals surface area (Å²) in [4.78, 5) is 16.8. The molecule has 0 aliphatic carbocycles. The SMILES string of the molecule is CC(C)(C)c1ccc(C(=O)Nc2cccc(S(C)(=O)=O)c2)c(Oc2cnccc2C(F)(F)F)c1. The summed E-state index contributed by atoms with van der Waals surface area (Å²) in [5.74, 6) is -1.32. The summed E-state index contributed by atoms with van der Waals surface area (Å²) in [6.45, 7) is 5.73. The molecule has 0 radical (unpaired) electrons. The lowest BCUT2D eigenvalue weighted by molar-refractivity contribution is -0.138. The topological polar surface area (TPSA) is 85.4 Å². The van der Waals surface area contributed by atoms with E-state index >= 15 is 0 Å². The number of alkyl halides is 3. The lowest BCUT2D eigenvalue weighted by atomic mass is 9.86. The maximum atomic E-state index is 13.5. The molecule has 34 heavy (non-hydrogen) atoms. The number of nitrogens with zero attached hydrogens (tertiary/aromatic N) is 1. The van der Waals surface area contributed by atoms with E-state index in [9.17, 15) is 26.4 Å². The van der Waals surface area contributed by atoms with Crippen LogP contribution >= 0.6 is 0 Å². The van der Waals surface area contributed by atoms with E-state index in [4.69, 9.17) is 4.74 Å². The molecule has 1 heterocycles. The Labute approximate surface area is 195 Å². The highest BCUT2D eigenvalue weighted by atomic mass is 32.2. The van der Waals surface area contributed by atoms with Crippen LogP contribution in [0.15, 0.2) is 65.8 Å². The molecular weight excluding hydrogens is 469 g/mol. The van der Waals surface area contributed by atoms with Gasteiger partial charge < -0.3 is 10.1 Å². The van der Waals surface area contributed by atoms with Gasteiger partial charge in [-0.05, 0) is 47.4 Å². The van der Waals surface area contributed by atoms with Gasteiger partial charge in [0.25, 0.3) is 5.91 Å². The van der Waals surface area contributed by atoms with Gasteiger partial charge in [0.1, 0.15) is 11.3 Å². The number of aromatic nitrogens is 1. The van der Waals surface area contributed by atoms with Gasteiger partial charge in [-0.3, -0.25) is 9.78 Å². The van der Waals surface area contributed by atoms with Crippen molar-refractivity contribution in [2.75, 3.05) is 11.6 Å². The van der Waals surface area contributed by atoms with Crippen LogP contribution in [0.3, 0.4) is 0 Å². The normalized spacial score (nSPS) is 12.3. The Hall–Kier alpha value is -3.40. The molecule has 0 saturated carbocycles. The van der Waals surface area contributed by atoms with Crippen LogP contribution in [-0.2, 0) is 21.4 Å². The number of carbonyl (C=O) groups excluding carboxylic acids is 1. The van der Waals surface area contributed by atoms with Gasteiger partial charge >= 0.3 is 6.18 Å². The molecule has 180 valence electrons. The van der Waals surface area contributed by atoms with Crippen molar-refractivity contribution < 1.29 is 31.1 Å². The van der Waals surface area contributed by atoms with Gasteiger partial charge in [0.15, 0.2) is 15.6 Å². The Morgan fingerprint density at radius 2 is 1.71 bits per heavy atom. The number of carbonyl (C=O) groups is 1. The molecule has 3 aromatic rings. The van der Waals surface area contributed by atoms with E-state index in [-0.39, 0.29) is 27.3 Å². The Morgan fingerprint density at radius 3 is 2.32 bits per heavy atom. The molecule has 2 aromatic carbocycles. The van der Waals surface area contributed by atoms with Crippen molar-refractivity contribution in [2.45, 2.75) is 37.3 Å². The van der Waals surface area contributed by atoms with E-state index in [2.05, 4.69) is 10.3 Å². The van der Waals surface area contributed by atoms with E-state index in [0.29, 0.717) is 0 Å². The molecule has 0 aliphatic rings. The second-order valence-corrected chi connectivity index (χ2v) is 10.7. The van der Waals surface area contributed by atoms with Crippen LogP contribution in [-0.4, -0.2) is 25.6 Å². The summed E-state index contributed by atoms with van der Waals surface area (Å²) >= 11 is 0. The average molecular weight is 493 g/mol. The zero-order chi connectivity index (χ0) is 25.3. The number of sulfone groups is 1. The van der Waals surface area contributed by atoms with Crippen LogP contribution in [0.4, 0.5) is 18.9 Å². The lowest BCUT2D eigenvalue weighted by Crippen LogP contribution is -2.16. The van der Waals surface area contributed by atoms with Gasteiger partial charge in [-0.25, -0.2) is 8.42 Å². The van der Waals surface area contributed by atoms with Crippen molar-refractivity contribution in [3.63, 3.8) is 0 Å². The van der Waals surface area contributed by atoms with Crippen LogP contribution in [0.25, 0.3) is 0 Å². The maximum absolute atomic E-state index is 13.5. The minimum atomic E-state index is -4.69. The van der Waals surface area contributed by atoms with E-state index in [1.807, 2.05) is 20.8 Å². The number of benzene rings is 2. The Balaban J connectivity index is 2.04. The Kier molecular flexibility index (Phi) is 6.75. The second-order valence-electron chi connectivity index (χ2n) is 8.69. The fourth-order valence-electron chi connectivity index (χ4n) is 3.08. The van der Waals surface area contributed by atoms with Gasteiger partial charge in [-0.1, -0.05) is 32.9 Å². The average Bonchev–Trinajstić information content (AvgIpc) is 2.72. The van der Waals surface area contributed by atoms with Gasteiger partial charge in [0.2, 0.25) is 0 Å². The summed E-state index contributed by atoms with van der Waals surface area (Å²) in [6, 6.07) is 11.1. The molecule has 1 aromatic heterocycles. The zero-order valence-electron chi connectivity index (χ0n) is 18.9. The summed E-state index contributed by atoms with van der Waals surface area (Å²) < 4.78 is 69.6. The first-order valence-corrected chi connectivity index (χ1v) is 12.0. The van der Waals surface area contributed by atoms with E-state index < -0.39 is 33.2 Å². The minimum absolute atomic E-state index is 0.00929. The van der Waals surface area contributed by atoms with Gasteiger partial charge in [-0.15, -0.1) is 0 Å². The number of pyridine rings is 1. The highest BCUT2D eigenvalue weighted by molar-refractivity contribution is 7.90. The number of nitrogens with one attached hydrogen (secondary N) is 1. The summed E-state index contributed by atoms with van der Waals surface area (Å²) in [7, 11) is -3.50. The lowest BCUT2D eigenvalue weighted by Gasteiger charge is -2.22. The molecule has 1 N–H and O–H groups in total. The van der Waals surface area contributed by atoms with Crippen molar-refractivity contribution >= 4 is 21.4 Å². The summed E-state index contributed by atoms with van der Waals surface area (Å²) in [5.41, 5.74) is -0.504. The van der Waals surface area contributed by atoms with Crippen molar-refractivity contribution in [1.82, 2.24) is 4.98 Å². The van der Waals surface area contributed by atoms with Crippen LogP contribution in [0.1, 0.15) is 42.3 Å². The van der Waals surface area contributed by atoms with E-state index in [1.54, 1.807) is 6.07 Å². The standard InChI is InChI=1S/C24H23F3N2O4S/c1-23(2,3)15-8-9-18(22(30)29-16-6-5-7-17(13-16)34(4,31)32)20(12-15)33-21-14-28-11-10-19(21)24(25,26)27/h5-14H,1-4H3,(H,29,30). The Morgan fingerprint density at radius 1 is 1.00 bits per heavy atom. The smallest absolute Gasteiger partial charge is 0.420 e. The third-order valence-corrected chi connectivity index (χ3v) is 6.03. The number of rotatable bonds is 5. The first kappa shape index (κ1) is 25.2. The number of halogens is 3. The molecule has 0 bridgehead atoms. The zero-order valence-corrected chi connectivity index (χ0v) is 19.7. The molecule has 10 heteroatoms.